The molecular weight excluding hydrogens is 363 g/mol. The number of benzene rings is 2. The van der Waals surface area contributed by atoms with Crippen molar-refractivity contribution in [2.75, 3.05) is 12.1 Å². The average molecular weight is 375 g/mol. The Kier molecular flexibility index (Phi) is 4.84. The molecule has 3 rings (SSSR count). The smallest absolute Gasteiger partial charge is 0.266 e. The lowest BCUT2D eigenvalue weighted by atomic mass is 10.1. The van der Waals surface area contributed by atoms with Crippen molar-refractivity contribution in [1.82, 2.24) is 0 Å². The van der Waals surface area contributed by atoms with Crippen molar-refractivity contribution in [2.24, 2.45) is 0 Å². The van der Waals surface area contributed by atoms with Crippen LogP contribution in [0.25, 0.3) is 6.08 Å². The van der Waals surface area contributed by atoms with E-state index in [4.69, 9.17) is 32.7 Å². The third kappa shape index (κ3) is 3.55. The predicted molar refractivity (Wildman–Crippen MR) is 96.0 cm³/mol. The summed E-state index contributed by atoms with van der Waals surface area (Å²) in [6.07, 6.45) is 1.43. The number of amides is 1. The highest BCUT2D eigenvalue weighted by molar-refractivity contribution is 6.32. The maximum atomic E-state index is 12.4. The molecule has 0 aliphatic carbocycles. The monoisotopic (exact) mass is 374 g/mol. The van der Waals surface area contributed by atoms with Gasteiger partial charge in [-0.1, -0.05) is 29.3 Å². The number of ether oxygens (including phenoxy) is 2. The van der Waals surface area contributed by atoms with Gasteiger partial charge in [-0.3, -0.25) is 4.79 Å². The summed E-state index contributed by atoms with van der Waals surface area (Å²) in [5.41, 5.74) is 1.75. The van der Waals surface area contributed by atoms with Gasteiger partial charge < -0.3 is 14.8 Å². The fraction of sp³-hybridized carbons (Fsp3) is 0.111. The number of nitrogens with one attached hydrogen (secondary N) is 1. The van der Waals surface area contributed by atoms with Gasteiger partial charge in [-0.2, -0.15) is 5.26 Å². The van der Waals surface area contributed by atoms with E-state index in [2.05, 4.69) is 5.32 Å². The summed E-state index contributed by atoms with van der Waals surface area (Å²) in [4.78, 5) is 12.4. The van der Waals surface area contributed by atoms with Crippen LogP contribution >= 0.6 is 23.2 Å². The predicted octanol–water partition coefficient (Wildman–Crippen LogP) is 4.58. The summed E-state index contributed by atoms with van der Waals surface area (Å²) in [7, 11) is 0. The number of hydrogen-bond donors (Lipinski definition) is 1. The van der Waals surface area contributed by atoms with E-state index in [1.807, 2.05) is 6.07 Å². The molecule has 0 unspecified atom stereocenters. The molecular formula is C18H12Cl2N2O3. The lowest BCUT2D eigenvalue weighted by molar-refractivity contribution is -0.112. The number of carbonyl (C=O) groups is 1. The van der Waals surface area contributed by atoms with Crippen molar-refractivity contribution in [3.63, 3.8) is 0 Å². The van der Waals surface area contributed by atoms with Crippen LogP contribution in [-0.4, -0.2) is 12.7 Å². The summed E-state index contributed by atoms with van der Waals surface area (Å²) >= 11 is 12.2. The highest BCUT2D eigenvalue weighted by atomic mass is 35.5. The molecule has 1 N–H and O–H groups in total. The SMILES string of the molecule is Cc1c(Cl)cccc1NC(=O)/C(C#N)=C/c1cc(Cl)c2c(c1)OCO2. The van der Waals surface area contributed by atoms with Crippen LogP contribution in [0, 0.1) is 18.3 Å². The minimum Gasteiger partial charge on any atom is -0.454 e. The van der Waals surface area contributed by atoms with Gasteiger partial charge in [-0.05, 0) is 48.4 Å². The van der Waals surface area contributed by atoms with Crippen molar-refractivity contribution in [2.45, 2.75) is 6.92 Å². The van der Waals surface area contributed by atoms with Crippen LogP contribution in [0.3, 0.4) is 0 Å². The van der Waals surface area contributed by atoms with E-state index in [0.29, 0.717) is 32.8 Å². The van der Waals surface area contributed by atoms with Crippen molar-refractivity contribution < 1.29 is 14.3 Å². The lowest BCUT2D eigenvalue weighted by Gasteiger charge is -2.09. The summed E-state index contributed by atoms with van der Waals surface area (Å²) in [5.74, 6) is 0.389. The van der Waals surface area contributed by atoms with Gasteiger partial charge in [-0.25, -0.2) is 0 Å². The zero-order valence-corrected chi connectivity index (χ0v) is 14.6. The molecule has 0 fully saturated rings. The van der Waals surface area contributed by atoms with Gasteiger partial charge in [0, 0.05) is 10.7 Å². The molecule has 1 amide bonds. The van der Waals surface area contributed by atoms with Crippen LogP contribution < -0.4 is 14.8 Å². The molecule has 0 spiro atoms. The Hall–Kier alpha value is -2.68. The molecule has 1 aliphatic rings. The number of nitrogens with zero attached hydrogens (tertiary/aromatic N) is 1. The number of anilines is 1. The Morgan fingerprint density at radius 2 is 2.08 bits per heavy atom. The van der Waals surface area contributed by atoms with Crippen LogP contribution in [-0.2, 0) is 4.79 Å². The van der Waals surface area contributed by atoms with E-state index >= 15 is 0 Å². The molecule has 2 aromatic rings. The number of halogens is 2. The number of rotatable bonds is 3. The largest absolute Gasteiger partial charge is 0.454 e. The van der Waals surface area contributed by atoms with Gasteiger partial charge >= 0.3 is 0 Å². The number of hydrogen-bond acceptors (Lipinski definition) is 4. The van der Waals surface area contributed by atoms with Crippen LogP contribution in [0.2, 0.25) is 10.0 Å². The van der Waals surface area contributed by atoms with Gasteiger partial charge in [0.15, 0.2) is 11.5 Å². The van der Waals surface area contributed by atoms with Crippen LogP contribution in [0.1, 0.15) is 11.1 Å². The van der Waals surface area contributed by atoms with Gasteiger partial charge in [0.25, 0.3) is 5.91 Å². The van der Waals surface area contributed by atoms with Crippen molar-refractivity contribution in [1.29, 1.82) is 5.26 Å². The normalized spacial score (nSPS) is 12.6. The molecule has 0 bridgehead atoms. The maximum Gasteiger partial charge on any atom is 0.266 e. The Morgan fingerprint density at radius 3 is 2.84 bits per heavy atom. The molecule has 7 heteroatoms. The highest BCUT2D eigenvalue weighted by Crippen LogP contribution is 2.40. The quantitative estimate of drug-likeness (QED) is 0.630. The van der Waals surface area contributed by atoms with Crippen LogP contribution in [0.4, 0.5) is 5.69 Å². The van der Waals surface area contributed by atoms with Crippen molar-refractivity contribution in [3.8, 4) is 17.6 Å². The van der Waals surface area contributed by atoms with Crippen molar-refractivity contribution in [3.05, 3.63) is 57.1 Å². The maximum absolute atomic E-state index is 12.4. The molecule has 5 nitrogen and oxygen atoms in total. The zero-order chi connectivity index (χ0) is 18.0. The third-order valence-electron chi connectivity index (χ3n) is 3.64. The van der Waals surface area contributed by atoms with E-state index in [0.717, 1.165) is 5.56 Å². The minimum absolute atomic E-state index is 0.0747. The fourth-order valence-corrected chi connectivity index (χ4v) is 2.77. The van der Waals surface area contributed by atoms with E-state index in [9.17, 15) is 10.1 Å². The molecule has 25 heavy (non-hydrogen) atoms. The fourth-order valence-electron chi connectivity index (χ4n) is 2.32. The minimum atomic E-state index is -0.540. The second-order valence-corrected chi connectivity index (χ2v) is 6.09. The van der Waals surface area contributed by atoms with E-state index in [1.165, 1.54) is 6.08 Å². The number of carbonyl (C=O) groups excluding carboxylic acids is 1. The van der Waals surface area contributed by atoms with Gasteiger partial charge in [0.1, 0.15) is 11.6 Å². The molecule has 0 radical (unpaired) electrons. The first kappa shape index (κ1) is 17.2. The molecule has 0 saturated carbocycles. The van der Waals surface area contributed by atoms with Crippen LogP contribution in [0.5, 0.6) is 11.5 Å². The first-order chi connectivity index (χ1) is 12.0. The van der Waals surface area contributed by atoms with E-state index < -0.39 is 5.91 Å². The van der Waals surface area contributed by atoms with E-state index in [-0.39, 0.29) is 12.4 Å². The van der Waals surface area contributed by atoms with E-state index in [1.54, 1.807) is 37.3 Å². The molecule has 1 heterocycles. The average Bonchev–Trinajstić information content (AvgIpc) is 3.06. The molecule has 2 aromatic carbocycles. The first-order valence-electron chi connectivity index (χ1n) is 7.27. The zero-order valence-electron chi connectivity index (χ0n) is 13.1. The summed E-state index contributed by atoms with van der Waals surface area (Å²) in [5, 5.41) is 12.9. The molecule has 0 saturated heterocycles. The Bertz CT molecular complexity index is 933. The van der Waals surface area contributed by atoms with Gasteiger partial charge in [-0.15, -0.1) is 0 Å². The molecule has 0 aromatic heterocycles. The third-order valence-corrected chi connectivity index (χ3v) is 4.33. The lowest BCUT2D eigenvalue weighted by Crippen LogP contribution is -2.14. The second-order valence-electron chi connectivity index (χ2n) is 5.27. The standard InChI is InChI=1S/C18H12Cl2N2O3/c1-10-13(19)3-2-4-15(10)22-18(23)12(8-21)5-11-6-14(20)17-16(7-11)24-9-25-17/h2-7H,9H2,1H3,(H,22,23)/b12-5+. The topological polar surface area (TPSA) is 71.4 Å². The summed E-state index contributed by atoms with van der Waals surface area (Å²) < 4.78 is 10.5. The van der Waals surface area contributed by atoms with Crippen LogP contribution in [0.15, 0.2) is 35.9 Å². The number of nitriles is 1. The Morgan fingerprint density at radius 1 is 1.28 bits per heavy atom. The van der Waals surface area contributed by atoms with Gasteiger partial charge in [0.2, 0.25) is 6.79 Å². The van der Waals surface area contributed by atoms with Crippen molar-refractivity contribution >= 4 is 40.9 Å². The summed E-state index contributed by atoms with van der Waals surface area (Å²) in [6.45, 7) is 1.87. The second kappa shape index (κ2) is 7.06. The summed E-state index contributed by atoms with van der Waals surface area (Å²) in [6, 6.07) is 10.3. The highest BCUT2D eigenvalue weighted by Gasteiger charge is 2.19. The molecule has 126 valence electrons. The molecule has 1 aliphatic heterocycles. The Balaban J connectivity index is 1.88. The first-order valence-corrected chi connectivity index (χ1v) is 8.02. The number of fused-ring (bicyclic) bond motifs is 1. The molecule has 0 atom stereocenters. The van der Waals surface area contributed by atoms with Gasteiger partial charge in [0.05, 0.1) is 5.02 Å². The Labute approximate surface area is 154 Å².